The number of esters is 1. The van der Waals surface area contributed by atoms with Crippen LogP contribution in [0.2, 0.25) is 0 Å². The number of methoxy groups -OCH3 is 1. The molecule has 2 rings (SSSR count). The summed E-state index contributed by atoms with van der Waals surface area (Å²) in [5.74, 6) is 0.519. The number of para-hydroxylation sites is 1. The lowest BCUT2D eigenvalue weighted by Gasteiger charge is -2.14. The number of hydrogen-bond acceptors (Lipinski definition) is 6. The van der Waals surface area contributed by atoms with Crippen molar-refractivity contribution in [2.75, 3.05) is 7.11 Å². The number of carbonyl (C=O) groups excluding carboxylic acids is 2. The molecule has 0 heterocycles. The lowest BCUT2D eigenvalue weighted by atomic mass is 10.2. The average Bonchev–Trinajstić information content (AvgIpc) is 2.64. The highest BCUT2D eigenvalue weighted by atomic mass is 79.9. The quantitative estimate of drug-likeness (QED) is 0.312. The minimum atomic E-state index is -0.765. The van der Waals surface area contributed by atoms with Gasteiger partial charge in [0, 0.05) is 12.5 Å². The lowest BCUT2D eigenvalue weighted by molar-refractivity contribution is -0.132. The molecule has 1 N–H and O–H groups in total. The second-order valence-electron chi connectivity index (χ2n) is 5.42. The zero-order valence-corrected chi connectivity index (χ0v) is 16.6. The monoisotopic (exact) mass is 434 g/mol. The summed E-state index contributed by atoms with van der Waals surface area (Å²) in [6.45, 7) is 2.91. The van der Waals surface area contributed by atoms with E-state index in [0.29, 0.717) is 22.8 Å². The van der Waals surface area contributed by atoms with E-state index >= 15 is 0 Å². The van der Waals surface area contributed by atoms with Crippen LogP contribution < -0.4 is 19.6 Å². The number of benzene rings is 2. The van der Waals surface area contributed by atoms with Gasteiger partial charge in [0.15, 0.2) is 6.10 Å². The number of rotatable bonds is 7. The van der Waals surface area contributed by atoms with E-state index in [2.05, 4.69) is 26.5 Å². The van der Waals surface area contributed by atoms with E-state index in [1.807, 2.05) is 18.2 Å². The molecule has 2 aromatic rings. The van der Waals surface area contributed by atoms with Gasteiger partial charge in [-0.1, -0.05) is 12.1 Å². The molecule has 0 saturated carbocycles. The van der Waals surface area contributed by atoms with Gasteiger partial charge in [-0.15, -0.1) is 0 Å². The third kappa shape index (κ3) is 6.10. The van der Waals surface area contributed by atoms with Crippen molar-refractivity contribution >= 4 is 34.0 Å². The summed E-state index contributed by atoms with van der Waals surface area (Å²) in [4.78, 5) is 23.4. The van der Waals surface area contributed by atoms with Crippen LogP contribution in [0, 0.1) is 0 Å². The standard InChI is InChI=1S/C19H19BrN2O5/c1-12(26-18-7-5-4-6-16(18)20)19(24)22-21-11-14-10-15(25-3)8-9-17(14)27-13(2)23/h4-12H,1-3H3,(H,22,24)/t12-/m0/s1. The van der Waals surface area contributed by atoms with Crippen molar-refractivity contribution in [3.63, 3.8) is 0 Å². The highest BCUT2D eigenvalue weighted by molar-refractivity contribution is 9.10. The summed E-state index contributed by atoms with van der Waals surface area (Å²) < 4.78 is 16.6. The van der Waals surface area contributed by atoms with Gasteiger partial charge in [-0.25, -0.2) is 5.43 Å². The van der Waals surface area contributed by atoms with Crippen molar-refractivity contribution in [2.45, 2.75) is 20.0 Å². The Balaban J connectivity index is 2.04. The van der Waals surface area contributed by atoms with Gasteiger partial charge in [0.05, 0.1) is 17.8 Å². The van der Waals surface area contributed by atoms with E-state index in [-0.39, 0.29) is 0 Å². The van der Waals surface area contributed by atoms with Gasteiger partial charge >= 0.3 is 5.97 Å². The van der Waals surface area contributed by atoms with Crippen LogP contribution in [0.5, 0.6) is 17.2 Å². The minimum Gasteiger partial charge on any atom is -0.497 e. The van der Waals surface area contributed by atoms with Crippen LogP contribution in [0.25, 0.3) is 0 Å². The molecular weight excluding hydrogens is 416 g/mol. The summed E-state index contributed by atoms with van der Waals surface area (Å²) in [7, 11) is 1.52. The normalized spacial score (nSPS) is 11.7. The number of halogens is 1. The zero-order valence-electron chi connectivity index (χ0n) is 15.1. The van der Waals surface area contributed by atoms with Crippen molar-refractivity contribution in [1.82, 2.24) is 5.43 Å². The molecule has 0 saturated heterocycles. The summed E-state index contributed by atoms with van der Waals surface area (Å²) in [5, 5.41) is 3.91. The van der Waals surface area contributed by atoms with Crippen molar-refractivity contribution in [2.24, 2.45) is 5.10 Å². The third-order valence-corrected chi connectivity index (χ3v) is 4.01. The van der Waals surface area contributed by atoms with E-state index in [9.17, 15) is 9.59 Å². The average molecular weight is 435 g/mol. The van der Waals surface area contributed by atoms with Crippen molar-refractivity contribution in [3.05, 3.63) is 52.5 Å². The number of carbonyl (C=O) groups is 2. The molecule has 7 nitrogen and oxygen atoms in total. The van der Waals surface area contributed by atoms with Crippen molar-refractivity contribution < 1.29 is 23.8 Å². The largest absolute Gasteiger partial charge is 0.497 e. The first kappa shape index (κ1) is 20.4. The molecule has 1 atom stereocenters. The van der Waals surface area contributed by atoms with Gasteiger partial charge in [0.25, 0.3) is 5.91 Å². The molecule has 0 unspecified atom stereocenters. The Morgan fingerprint density at radius 3 is 2.59 bits per heavy atom. The highest BCUT2D eigenvalue weighted by Crippen LogP contribution is 2.25. The lowest BCUT2D eigenvalue weighted by Crippen LogP contribution is -2.33. The third-order valence-electron chi connectivity index (χ3n) is 3.36. The molecule has 142 valence electrons. The maximum absolute atomic E-state index is 12.2. The van der Waals surface area contributed by atoms with E-state index in [4.69, 9.17) is 14.2 Å². The van der Waals surface area contributed by atoms with Gasteiger partial charge in [0.1, 0.15) is 17.2 Å². The highest BCUT2D eigenvalue weighted by Gasteiger charge is 2.15. The van der Waals surface area contributed by atoms with Crippen LogP contribution in [0.4, 0.5) is 0 Å². The Morgan fingerprint density at radius 1 is 1.19 bits per heavy atom. The van der Waals surface area contributed by atoms with E-state index in [1.165, 1.54) is 20.2 Å². The topological polar surface area (TPSA) is 86.2 Å². The van der Waals surface area contributed by atoms with Crippen LogP contribution in [0.3, 0.4) is 0 Å². The first-order valence-electron chi connectivity index (χ1n) is 8.01. The van der Waals surface area contributed by atoms with E-state index in [0.717, 1.165) is 4.47 Å². The molecule has 0 aromatic heterocycles. The van der Waals surface area contributed by atoms with Gasteiger partial charge in [-0.2, -0.15) is 5.10 Å². The van der Waals surface area contributed by atoms with E-state index < -0.39 is 18.0 Å². The van der Waals surface area contributed by atoms with Crippen LogP contribution >= 0.6 is 15.9 Å². The molecule has 0 bridgehead atoms. The summed E-state index contributed by atoms with van der Waals surface area (Å²) in [6.07, 6.45) is 0.600. The Bertz CT molecular complexity index is 854. The second kappa shape index (κ2) is 9.72. The van der Waals surface area contributed by atoms with Crippen LogP contribution in [-0.4, -0.2) is 31.3 Å². The number of hydrogen-bond donors (Lipinski definition) is 1. The van der Waals surface area contributed by atoms with Gasteiger partial charge < -0.3 is 14.2 Å². The first-order valence-corrected chi connectivity index (χ1v) is 8.80. The smallest absolute Gasteiger partial charge is 0.308 e. The fourth-order valence-electron chi connectivity index (χ4n) is 2.04. The number of nitrogens with one attached hydrogen (secondary N) is 1. The summed E-state index contributed by atoms with van der Waals surface area (Å²) in [5.41, 5.74) is 2.87. The summed E-state index contributed by atoms with van der Waals surface area (Å²) in [6, 6.07) is 12.1. The fraction of sp³-hybridized carbons (Fsp3) is 0.211. The number of ether oxygens (including phenoxy) is 3. The van der Waals surface area contributed by atoms with Crippen LogP contribution in [-0.2, 0) is 9.59 Å². The molecule has 1 amide bonds. The molecule has 0 radical (unpaired) electrons. The Hall–Kier alpha value is -2.87. The molecule has 0 aliphatic carbocycles. The van der Waals surface area contributed by atoms with Crippen molar-refractivity contribution in [3.8, 4) is 17.2 Å². The maximum atomic E-state index is 12.2. The summed E-state index contributed by atoms with van der Waals surface area (Å²) >= 11 is 3.36. The fourth-order valence-corrected chi connectivity index (χ4v) is 2.42. The molecule has 27 heavy (non-hydrogen) atoms. The number of amides is 1. The predicted molar refractivity (Wildman–Crippen MR) is 104 cm³/mol. The molecule has 2 aromatic carbocycles. The van der Waals surface area contributed by atoms with Crippen molar-refractivity contribution in [1.29, 1.82) is 0 Å². The van der Waals surface area contributed by atoms with E-state index in [1.54, 1.807) is 31.2 Å². The Kier molecular flexibility index (Phi) is 7.36. The van der Waals surface area contributed by atoms with Gasteiger partial charge in [-0.05, 0) is 53.2 Å². The van der Waals surface area contributed by atoms with Gasteiger partial charge in [0.2, 0.25) is 0 Å². The molecule has 0 aliphatic heterocycles. The number of nitrogens with zero attached hydrogens (tertiary/aromatic N) is 1. The first-order chi connectivity index (χ1) is 12.9. The van der Waals surface area contributed by atoms with Crippen LogP contribution in [0.15, 0.2) is 52.0 Å². The van der Waals surface area contributed by atoms with Gasteiger partial charge in [-0.3, -0.25) is 9.59 Å². The maximum Gasteiger partial charge on any atom is 0.308 e. The molecular formula is C19H19BrN2O5. The SMILES string of the molecule is COc1ccc(OC(C)=O)c(C=NNC(=O)[C@H](C)Oc2ccccc2Br)c1. The van der Waals surface area contributed by atoms with Crippen LogP contribution in [0.1, 0.15) is 19.4 Å². The predicted octanol–water partition coefficient (Wildman–Crippen LogP) is 3.30. The molecule has 0 spiro atoms. The molecule has 0 aliphatic rings. The Labute approximate surface area is 165 Å². The minimum absolute atomic E-state index is 0.304. The molecule has 8 heteroatoms. The Morgan fingerprint density at radius 2 is 1.93 bits per heavy atom. The molecule has 0 fully saturated rings. The number of hydrazone groups is 1. The second-order valence-corrected chi connectivity index (χ2v) is 6.28. The zero-order chi connectivity index (χ0) is 19.8.